The van der Waals surface area contributed by atoms with E-state index >= 15 is 0 Å². The number of carbonyl (C=O) groups is 1. The molecule has 0 fully saturated rings. The molecule has 0 radical (unpaired) electrons. The number of alkyl halides is 4. The van der Waals surface area contributed by atoms with E-state index in [9.17, 15) is 18.0 Å². The Balaban J connectivity index is 3.22. The van der Waals surface area contributed by atoms with Gasteiger partial charge in [-0.2, -0.15) is 0 Å². The van der Waals surface area contributed by atoms with E-state index in [1.54, 1.807) is 6.92 Å². The number of rotatable bonds is 3. The Labute approximate surface area is 105 Å². The second-order valence-electron chi connectivity index (χ2n) is 3.48. The predicted octanol–water partition coefficient (Wildman–Crippen LogP) is 3.86. The number of hydrogen-bond acceptors (Lipinski definition) is 2. The summed E-state index contributed by atoms with van der Waals surface area (Å²) in [4.78, 5) is 11.1. The van der Waals surface area contributed by atoms with Gasteiger partial charge in [-0.1, -0.05) is 28.1 Å². The number of para-hydroxylation sites is 1. The fraction of sp³-hybridized carbons (Fsp3) is 0.364. The predicted molar refractivity (Wildman–Crippen MR) is 60.6 cm³/mol. The normalized spacial score (nSPS) is 13.3. The van der Waals surface area contributed by atoms with Gasteiger partial charge in [0, 0.05) is 0 Å². The fourth-order valence-corrected chi connectivity index (χ4v) is 1.56. The van der Waals surface area contributed by atoms with Crippen molar-refractivity contribution in [2.24, 2.45) is 0 Å². The minimum atomic E-state index is -4.81. The van der Waals surface area contributed by atoms with E-state index in [0.29, 0.717) is 0 Å². The third-order valence-electron chi connectivity index (χ3n) is 2.06. The van der Waals surface area contributed by atoms with Gasteiger partial charge in [0.05, 0.1) is 10.4 Å². The highest BCUT2D eigenvalue weighted by molar-refractivity contribution is 9.10. The molecule has 1 atom stereocenters. The second kappa shape index (κ2) is 5.08. The van der Waals surface area contributed by atoms with Crippen LogP contribution in [0.3, 0.4) is 0 Å². The van der Waals surface area contributed by atoms with Gasteiger partial charge in [0.15, 0.2) is 5.78 Å². The molecule has 0 bridgehead atoms. The van der Waals surface area contributed by atoms with Crippen LogP contribution in [0.4, 0.5) is 13.2 Å². The van der Waals surface area contributed by atoms with Crippen molar-refractivity contribution >= 4 is 21.7 Å². The molecule has 6 heteroatoms. The molecule has 0 amide bonds. The maximum Gasteiger partial charge on any atom is 0.573 e. The lowest BCUT2D eigenvalue weighted by Crippen LogP contribution is -2.21. The van der Waals surface area contributed by atoms with Crippen LogP contribution in [0.25, 0.3) is 0 Å². The molecule has 0 heterocycles. The number of halogens is 4. The Bertz CT molecular complexity index is 427. The first kappa shape index (κ1) is 14.0. The third-order valence-corrected chi connectivity index (χ3v) is 2.47. The van der Waals surface area contributed by atoms with Crippen molar-refractivity contribution in [3.63, 3.8) is 0 Å². The number of ketones is 1. The molecule has 0 aromatic heterocycles. The molecular weight excluding hydrogens is 301 g/mol. The molecule has 2 nitrogen and oxygen atoms in total. The Morgan fingerprint density at radius 2 is 2.00 bits per heavy atom. The Morgan fingerprint density at radius 3 is 2.47 bits per heavy atom. The molecule has 0 aliphatic rings. The van der Waals surface area contributed by atoms with Crippen LogP contribution in [0.5, 0.6) is 5.75 Å². The average molecular weight is 311 g/mol. The zero-order valence-corrected chi connectivity index (χ0v) is 10.7. The van der Waals surface area contributed by atoms with Crippen molar-refractivity contribution < 1.29 is 22.7 Å². The van der Waals surface area contributed by atoms with E-state index in [1.807, 2.05) is 0 Å². The van der Waals surface area contributed by atoms with E-state index in [4.69, 9.17) is 0 Å². The highest BCUT2D eigenvalue weighted by Crippen LogP contribution is 2.31. The van der Waals surface area contributed by atoms with Crippen molar-refractivity contribution in [1.29, 1.82) is 0 Å². The van der Waals surface area contributed by atoms with Gasteiger partial charge in [-0.15, -0.1) is 13.2 Å². The van der Waals surface area contributed by atoms with Gasteiger partial charge in [0.25, 0.3) is 0 Å². The first-order valence-electron chi connectivity index (χ1n) is 4.76. The quantitative estimate of drug-likeness (QED) is 0.626. The number of Topliss-reactive ketones (excluding diaryl/α,β-unsaturated/α-hetero) is 1. The summed E-state index contributed by atoms with van der Waals surface area (Å²) < 4.78 is 40.6. The largest absolute Gasteiger partial charge is 0.573 e. The summed E-state index contributed by atoms with van der Waals surface area (Å²) in [5, 5.41) is 0. The number of aryl methyl sites for hydroxylation is 1. The monoisotopic (exact) mass is 310 g/mol. The van der Waals surface area contributed by atoms with Gasteiger partial charge >= 0.3 is 6.36 Å². The lowest BCUT2D eigenvalue weighted by atomic mass is 10.0. The fourth-order valence-electron chi connectivity index (χ4n) is 1.31. The number of carbonyl (C=O) groups excluding carboxylic acids is 1. The van der Waals surface area contributed by atoms with E-state index in [-0.39, 0.29) is 11.1 Å². The summed E-state index contributed by atoms with van der Waals surface area (Å²) >= 11 is 3.03. The lowest BCUT2D eigenvalue weighted by molar-refractivity contribution is -0.274. The van der Waals surface area contributed by atoms with Crippen LogP contribution >= 0.6 is 15.9 Å². The van der Waals surface area contributed by atoms with E-state index in [1.165, 1.54) is 25.1 Å². The van der Waals surface area contributed by atoms with Crippen LogP contribution in [0.15, 0.2) is 18.2 Å². The highest BCUT2D eigenvalue weighted by atomic mass is 79.9. The number of ether oxygens (including phenoxy) is 1. The van der Waals surface area contributed by atoms with Crippen molar-refractivity contribution in [3.8, 4) is 5.75 Å². The van der Waals surface area contributed by atoms with Gasteiger partial charge in [-0.3, -0.25) is 4.79 Å². The average Bonchev–Trinajstić information content (AvgIpc) is 2.18. The van der Waals surface area contributed by atoms with Crippen LogP contribution in [-0.4, -0.2) is 17.0 Å². The van der Waals surface area contributed by atoms with Crippen molar-refractivity contribution in [2.45, 2.75) is 25.0 Å². The minimum Gasteiger partial charge on any atom is -0.405 e. The molecular formula is C11H10BrF3O2. The van der Waals surface area contributed by atoms with Crippen molar-refractivity contribution in [2.75, 3.05) is 0 Å². The van der Waals surface area contributed by atoms with Crippen LogP contribution in [-0.2, 0) is 0 Å². The Morgan fingerprint density at radius 1 is 1.41 bits per heavy atom. The standard InChI is InChI=1S/C11H10BrF3O2/c1-6-4-3-5-8(9(16)7(2)12)10(6)17-11(13,14)15/h3-5,7H,1-2H3. The first-order chi connectivity index (χ1) is 7.72. The second-order valence-corrected chi connectivity index (χ2v) is 4.85. The van der Waals surface area contributed by atoms with Gasteiger partial charge in [0.2, 0.25) is 0 Å². The summed E-state index contributed by atoms with van der Waals surface area (Å²) in [5.74, 6) is -0.885. The summed E-state index contributed by atoms with van der Waals surface area (Å²) in [6, 6.07) is 4.28. The molecule has 0 aliphatic carbocycles. The topological polar surface area (TPSA) is 26.3 Å². The molecule has 0 spiro atoms. The van der Waals surface area contributed by atoms with Crippen LogP contribution in [0.1, 0.15) is 22.8 Å². The van der Waals surface area contributed by atoms with E-state index in [0.717, 1.165) is 0 Å². The zero-order chi connectivity index (χ0) is 13.2. The summed E-state index contributed by atoms with van der Waals surface area (Å²) in [6.07, 6.45) is -4.81. The first-order valence-corrected chi connectivity index (χ1v) is 5.67. The molecule has 1 aromatic carbocycles. The Kier molecular flexibility index (Phi) is 4.19. The number of benzene rings is 1. The van der Waals surface area contributed by atoms with Gasteiger partial charge < -0.3 is 4.74 Å². The molecule has 0 N–H and O–H groups in total. The smallest absolute Gasteiger partial charge is 0.405 e. The molecule has 0 saturated carbocycles. The van der Waals surface area contributed by atoms with Crippen molar-refractivity contribution in [1.82, 2.24) is 0 Å². The Hall–Kier alpha value is -1.04. The SMILES string of the molecule is Cc1cccc(C(=O)C(C)Br)c1OC(F)(F)F. The van der Waals surface area contributed by atoms with Gasteiger partial charge in [0.1, 0.15) is 5.75 Å². The molecule has 94 valence electrons. The van der Waals surface area contributed by atoms with E-state index < -0.39 is 22.7 Å². The maximum absolute atomic E-state index is 12.2. The summed E-state index contributed by atoms with van der Waals surface area (Å²) in [6.45, 7) is 3.00. The highest BCUT2D eigenvalue weighted by Gasteiger charge is 2.34. The van der Waals surface area contributed by atoms with Crippen LogP contribution in [0.2, 0.25) is 0 Å². The maximum atomic E-state index is 12.2. The molecule has 17 heavy (non-hydrogen) atoms. The molecule has 1 unspecified atom stereocenters. The molecule has 0 aliphatic heterocycles. The van der Waals surface area contributed by atoms with Crippen LogP contribution < -0.4 is 4.74 Å². The zero-order valence-electron chi connectivity index (χ0n) is 9.14. The van der Waals surface area contributed by atoms with E-state index in [2.05, 4.69) is 20.7 Å². The summed E-state index contributed by atoms with van der Waals surface area (Å²) in [5.41, 5.74) is 0.188. The third kappa shape index (κ3) is 3.73. The molecule has 1 aromatic rings. The summed E-state index contributed by atoms with van der Waals surface area (Å²) in [7, 11) is 0. The van der Waals surface area contributed by atoms with Gasteiger partial charge in [-0.25, -0.2) is 0 Å². The minimum absolute atomic E-state index is 0.0771. The molecule has 0 saturated heterocycles. The molecule has 1 rings (SSSR count). The van der Waals surface area contributed by atoms with Crippen LogP contribution in [0, 0.1) is 6.92 Å². The lowest BCUT2D eigenvalue weighted by Gasteiger charge is -2.15. The van der Waals surface area contributed by atoms with Gasteiger partial charge in [-0.05, 0) is 25.5 Å². The van der Waals surface area contributed by atoms with Crippen molar-refractivity contribution in [3.05, 3.63) is 29.3 Å². The number of hydrogen-bond donors (Lipinski definition) is 0.